The number of hydrogen-bond donors (Lipinski definition) is 2. The lowest BCUT2D eigenvalue weighted by atomic mass is 10.3. The number of rotatable bonds is 4. The summed E-state index contributed by atoms with van der Waals surface area (Å²) in [7, 11) is 0. The number of benzene rings is 1. The monoisotopic (exact) mass is 308 g/mol. The van der Waals surface area contributed by atoms with E-state index in [1.165, 1.54) is 12.8 Å². The van der Waals surface area contributed by atoms with E-state index in [2.05, 4.69) is 20.6 Å². The Kier molecular flexibility index (Phi) is 3.68. The molecule has 0 amide bonds. The molecule has 4 nitrogen and oxygen atoms in total. The van der Waals surface area contributed by atoms with Gasteiger partial charge in [0.05, 0.1) is 15.7 Å². The third-order valence-electron chi connectivity index (χ3n) is 2.98. The lowest BCUT2D eigenvalue weighted by Gasteiger charge is -2.12. The molecule has 0 bridgehead atoms. The van der Waals surface area contributed by atoms with E-state index in [4.69, 9.17) is 23.2 Å². The van der Waals surface area contributed by atoms with Crippen molar-refractivity contribution in [1.82, 2.24) is 9.97 Å². The number of nitrogens with one attached hydrogen (secondary N) is 2. The first-order valence-electron chi connectivity index (χ1n) is 6.45. The molecule has 1 aliphatic carbocycles. The molecule has 20 heavy (non-hydrogen) atoms. The van der Waals surface area contributed by atoms with Crippen LogP contribution in [-0.4, -0.2) is 16.0 Å². The molecule has 0 atom stereocenters. The zero-order valence-corrected chi connectivity index (χ0v) is 12.5. The van der Waals surface area contributed by atoms with Crippen LogP contribution in [0.2, 0.25) is 10.0 Å². The van der Waals surface area contributed by atoms with Gasteiger partial charge in [-0.15, -0.1) is 0 Å². The van der Waals surface area contributed by atoms with E-state index >= 15 is 0 Å². The van der Waals surface area contributed by atoms with E-state index in [9.17, 15) is 0 Å². The van der Waals surface area contributed by atoms with Crippen molar-refractivity contribution in [1.29, 1.82) is 0 Å². The average Bonchev–Trinajstić information content (AvgIpc) is 3.17. The van der Waals surface area contributed by atoms with Crippen molar-refractivity contribution < 1.29 is 0 Å². The largest absolute Gasteiger partial charge is 0.367 e. The van der Waals surface area contributed by atoms with E-state index in [1.807, 2.05) is 13.0 Å². The lowest BCUT2D eigenvalue weighted by Crippen LogP contribution is -2.06. The van der Waals surface area contributed by atoms with Gasteiger partial charge in [-0.1, -0.05) is 29.3 Å². The summed E-state index contributed by atoms with van der Waals surface area (Å²) < 4.78 is 0. The molecule has 0 saturated heterocycles. The summed E-state index contributed by atoms with van der Waals surface area (Å²) in [6, 6.07) is 7.79. The first kappa shape index (κ1) is 13.5. The second-order valence-corrected chi connectivity index (χ2v) is 5.64. The molecule has 104 valence electrons. The lowest BCUT2D eigenvalue weighted by molar-refractivity contribution is 1.02. The van der Waals surface area contributed by atoms with Gasteiger partial charge in [0.25, 0.3) is 0 Å². The minimum Gasteiger partial charge on any atom is -0.367 e. The molecule has 1 aromatic heterocycles. The fourth-order valence-corrected chi connectivity index (χ4v) is 2.38. The first-order chi connectivity index (χ1) is 9.61. The highest BCUT2D eigenvalue weighted by atomic mass is 35.5. The number of nitrogens with zero attached hydrogens (tertiary/aromatic N) is 2. The van der Waals surface area contributed by atoms with Crippen molar-refractivity contribution in [2.75, 3.05) is 10.6 Å². The maximum absolute atomic E-state index is 6.15. The molecule has 2 N–H and O–H groups in total. The highest BCUT2D eigenvalue weighted by Crippen LogP contribution is 2.32. The minimum atomic E-state index is 0.543. The van der Waals surface area contributed by atoms with E-state index < -0.39 is 0 Å². The molecule has 2 aromatic rings. The molecule has 0 radical (unpaired) electrons. The van der Waals surface area contributed by atoms with Gasteiger partial charge in [-0.3, -0.25) is 0 Å². The SMILES string of the molecule is Cc1nc(Nc2c(Cl)cccc2Cl)cc(NC2CC2)n1. The van der Waals surface area contributed by atoms with Crippen LogP contribution < -0.4 is 10.6 Å². The predicted molar refractivity (Wildman–Crippen MR) is 83.2 cm³/mol. The van der Waals surface area contributed by atoms with E-state index in [-0.39, 0.29) is 0 Å². The number of para-hydroxylation sites is 1. The Labute approximate surface area is 127 Å². The molecule has 1 heterocycles. The summed E-state index contributed by atoms with van der Waals surface area (Å²) in [5, 5.41) is 7.64. The van der Waals surface area contributed by atoms with Crippen LogP contribution in [-0.2, 0) is 0 Å². The van der Waals surface area contributed by atoms with Crippen LogP contribution in [0.1, 0.15) is 18.7 Å². The number of hydrogen-bond acceptors (Lipinski definition) is 4. The van der Waals surface area contributed by atoms with Gasteiger partial charge in [0, 0.05) is 12.1 Å². The van der Waals surface area contributed by atoms with Crippen LogP contribution in [0.5, 0.6) is 0 Å². The minimum absolute atomic E-state index is 0.543. The highest BCUT2D eigenvalue weighted by Gasteiger charge is 2.21. The van der Waals surface area contributed by atoms with Crippen molar-refractivity contribution >= 4 is 40.5 Å². The Hall–Kier alpha value is -1.52. The van der Waals surface area contributed by atoms with Crippen LogP contribution in [0.3, 0.4) is 0 Å². The van der Waals surface area contributed by atoms with Gasteiger partial charge in [-0.05, 0) is 31.9 Å². The van der Waals surface area contributed by atoms with Crippen molar-refractivity contribution in [3.63, 3.8) is 0 Å². The summed E-state index contributed by atoms with van der Waals surface area (Å²) in [4.78, 5) is 8.73. The van der Waals surface area contributed by atoms with Crippen molar-refractivity contribution in [3.8, 4) is 0 Å². The van der Waals surface area contributed by atoms with Gasteiger partial charge < -0.3 is 10.6 Å². The third-order valence-corrected chi connectivity index (χ3v) is 3.61. The van der Waals surface area contributed by atoms with Crippen LogP contribution in [0, 0.1) is 6.92 Å². The van der Waals surface area contributed by atoms with E-state index in [0.29, 0.717) is 33.4 Å². The summed E-state index contributed by atoms with van der Waals surface area (Å²) in [6.45, 7) is 1.86. The fourth-order valence-electron chi connectivity index (χ4n) is 1.89. The summed E-state index contributed by atoms with van der Waals surface area (Å²) in [6.07, 6.45) is 2.39. The maximum atomic E-state index is 6.15. The smallest absolute Gasteiger partial charge is 0.136 e. The summed E-state index contributed by atoms with van der Waals surface area (Å²) in [5.74, 6) is 2.20. The van der Waals surface area contributed by atoms with Crippen LogP contribution in [0.4, 0.5) is 17.3 Å². The molecular formula is C14H14Cl2N4. The van der Waals surface area contributed by atoms with Crippen molar-refractivity contribution in [2.24, 2.45) is 0 Å². The van der Waals surface area contributed by atoms with Gasteiger partial charge in [-0.2, -0.15) is 0 Å². The highest BCUT2D eigenvalue weighted by molar-refractivity contribution is 6.39. The van der Waals surface area contributed by atoms with Gasteiger partial charge in [-0.25, -0.2) is 9.97 Å². The van der Waals surface area contributed by atoms with Crippen molar-refractivity contribution in [2.45, 2.75) is 25.8 Å². The molecule has 0 unspecified atom stereocenters. The molecule has 0 spiro atoms. The Bertz CT molecular complexity index is 621. The number of aromatic nitrogens is 2. The number of halogens is 2. The standard InChI is InChI=1S/C14H14Cl2N4/c1-8-17-12(19-9-5-6-9)7-13(18-8)20-14-10(15)3-2-4-11(14)16/h2-4,7,9H,5-6H2,1H3,(H2,17,18,19,20). The predicted octanol–water partition coefficient (Wildman–Crippen LogP) is 4.41. The molecule has 6 heteroatoms. The van der Waals surface area contributed by atoms with Gasteiger partial charge in [0.15, 0.2) is 0 Å². The average molecular weight is 309 g/mol. The third kappa shape index (κ3) is 3.14. The second-order valence-electron chi connectivity index (χ2n) is 4.83. The Morgan fingerprint density at radius 2 is 1.75 bits per heavy atom. The molecular weight excluding hydrogens is 295 g/mol. The van der Waals surface area contributed by atoms with Crippen LogP contribution in [0.15, 0.2) is 24.3 Å². The molecule has 1 aromatic carbocycles. The number of aryl methyl sites for hydroxylation is 1. The second kappa shape index (κ2) is 5.46. The van der Waals surface area contributed by atoms with Gasteiger partial charge >= 0.3 is 0 Å². The summed E-state index contributed by atoms with van der Waals surface area (Å²) >= 11 is 12.3. The van der Waals surface area contributed by atoms with Crippen molar-refractivity contribution in [3.05, 3.63) is 40.1 Å². The molecule has 1 aliphatic rings. The van der Waals surface area contributed by atoms with E-state index in [1.54, 1.807) is 18.2 Å². The zero-order chi connectivity index (χ0) is 14.1. The van der Waals surface area contributed by atoms with Crippen LogP contribution >= 0.6 is 23.2 Å². The normalized spacial score (nSPS) is 14.2. The fraction of sp³-hybridized carbons (Fsp3) is 0.286. The van der Waals surface area contributed by atoms with E-state index in [0.717, 1.165) is 5.82 Å². The topological polar surface area (TPSA) is 49.8 Å². The zero-order valence-electron chi connectivity index (χ0n) is 11.0. The molecule has 0 aliphatic heterocycles. The first-order valence-corrected chi connectivity index (χ1v) is 7.20. The molecule has 1 saturated carbocycles. The van der Waals surface area contributed by atoms with Gasteiger partial charge in [0.2, 0.25) is 0 Å². The van der Waals surface area contributed by atoms with Crippen LogP contribution in [0.25, 0.3) is 0 Å². The maximum Gasteiger partial charge on any atom is 0.136 e. The number of anilines is 3. The van der Waals surface area contributed by atoms with Gasteiger partial charge in [0.1, 0.15) is 17.5 Å². The molecule has 1 fully saturated rings. The Morgan fingerprint density at radius 3 is 2.40 bits per heavy atom. The molecule has 3 rings (SSSR count). The summed E-state index contributed by atoms with van der Waals surface area (Å²) in [5.41, 5.74) is 0.659. The Morgan fingerprint density at radius 1 is 1.10 bits per heavy atom. The quantitative estimate of drug-likeness (QED) is 0.878. The Balaban J connectivity index is 1.87.